The zero-order valence-corrected chi connectivity index (χ0v) is 11.3. The molecule has 0 unspecified atom stereocenters. The predicted molar refractivity (Wildman–Crippen MR) is 75.5 cm³/mol. The number of aryl methyl sites for hydroxylation is 1. The van der Waals surface area contributed by atoms with Gasteiger partial charge >= 0.3 is 11.7 Å². The minimum Gasteiger partial charge on any atom is -0.478 e. The van der Waals surface area contributed by atoms with E-state index in [9.17, 15) is 14.9 Å². The Morgan fingerprint density at radius 1 is 1.48 bits per heavy atom. The van der Waals surface area contributed by atoms with E-state index >= 15 is 0 Å². The molecule has 21 heavy (non-hydrogen) atoms. The third-order valence-electron chi connectivity index (χ3n) is 2.94. The molecule has 2 aromatic rings. The van der Waals surface area contributed by atoms with Crippen molar-refractivity contribution in [3.8, 4) is 0 Å². The summed E-state index contributed by atoms with van der Waals surface area (Å²) >= 11 is 0. The first kappa shape index (κ1) is 14.5. The van der Waals surface area contributed by atoms with Gasteiger partial charge in [-0.2, -0.15) is 0 Å². The second-order valence-electron chi connectivity index (χ2n) is 4.43. The number of hydrogen-bond donors (Lipinski definition) is 2. The summed E-state index contributed by atoms with van der Waals surface area (Å²) in [5, 5.41) is 26.8. The highest BCUT2D eigenvalue weighted by Crippen LogP contribution is 2.21. The van der Waals surface area contributed by atoms with Crippen molar-refractivity contribution in [2.45, 2.75) is 6.42 Å². The number of carboxylic acids is 1. The molecule has 0 amide bonds. The van der Waals surface area contributed by atoms with Crippen molar-refractivity contribution in [3.05, 3.63) is 51.7 Å². The van der Waals surface area contributed by atoms with Crippen LogP contribution in [-0.4, -0.2) is 32.3 Å². The van der Waals surface area contributed by atoms with Crippen molar-refractivity contribution in [1.82, 2.24) is 9.78 Å². The fourth-order valence-corrected chi connectivity index (χ4v) is 2.00. The van der Waals surface area contributed by atoms with Gasteiger partial charge in [-0.25, -0.2) is 4.79 Å². The van der Waals surface area contributed by atoms with E-state index in [0.29, 0.717) is 18.5 Å². The third kappa shape index (κ3) is 3.35. The normalized spacial score (nSPS) is 10.3. The topological polar surface area (TPSA) is 110 Å². The fourth-order valence-electron chi connectivity index (χ4n) is 2.00. The van der Waals surface area contributed by atoms with Crippen LogP contribution in [0.25, 0.3) is 0 Å². The molecule has 0 spiro atoms. The molecule has 0 saturated heterocycles. The molecule has 2 rings (SSSR count). The summed E-state index contributed by atoms with van der Waals surface area (Å²) in [5.74, 6) is -0.815. The molecule has 2 N–H and O–H groups in total. The summed E-state index contributed by atoms with van der Waals surface area (Å²) in [5.41, 5.74) is 0.787. The zero-order chi connectivity index (χ0) is 15.4. The van der Waals surface area contributed by atoms with E-state index in [1.807, 2.05) is 0 Å². The number of aromatic nitrogens is 2. The van der Waals surface area contributed by atoms with E-state index in [0.717, 1.165) is 0 Å². The van der Waals surface area contributed by atoms with Gasteiger partial charge in [0, 0.05) is 13.6 Å². The molecule has 0 atom stereocenters. The second-order valence-corrected chi connectivity index (χ2v) is 4.43. The minimum atomic E-state index is -0.991. The van der Waals surface area contributed by atoms with Crippen LogP contribution in [0.15, 0.2) is 30.5 Å². The first-order valence-corrected chi connectivity index (χ1v) is 6.22. The predicted octanol–water partition coefficient (Wildman–Crippen LogP) is 1.68. The lowest BCUT2D eigenvalue weighted by atomic mass is 10.0. The van der Waals surface area contributed by atoms with Gasteiger partial charge in [0.1, 0.15) is 6.20 Å². The smallest absolute Gasteiger partial charge is 0.335 e. The van der Waals surface area contributed by atoms with Crippen molar-refractivity contribution in [1.29, 1.82) is 0 Å². The van der Waals surface area contributed by atoms with Gasteiger partial charge < -0.3 is 10.4 Å². The number of nitrogens with zero attached hydrogens (tertiary/aromatic N) is 3. The van der Waals surface area contributed by atoms with E-state index in [1.165, 1.54) is 16.9 Å². The van der Waals surface area contributed by atoms with Gasteiger partial charge in [0.25, 0.3) is 0 Å². The lowest BCUT2D eigenvalue weighted by Crippen LogP contribution is -2.10. The van der Waals surface area contributed by atoms with Crippen LogP contribution in [0.1, 0.15) is 15.9 Å². The number of hydrogen-bond acceptors (Lipinski definition) is 5. The summed E-state index contributed by atoms with van der Waals surface area (Å²) in [7, 11) is 1.60. The Morgan fingerprint density at radius 3 is 2.86 bits per heavy atom. The Hall–Kier alpha value is -2.90. The molecular formula is C13H14N4O4. The van der Waals surface area contributed by atoms with Crippen molar-refractivity contribution in [2.75, 3.05) is 11.9 Å². The molecule has 0 aliphatic rings. The molecule has 1 heterocycles. The quantitative estimate of drug-likeness (QED) is 0.618. The fraction of sp³-hybridized carbons (Fsp3) is 0.231. The van der Waals surface area contributed by atoms with Crippen LogP contribution < -0.4 is 5.32 Å². The Morgan fingerprint density at radius 2 is 2.19 bits per heavy atom. The van der Waals surface area contributed by atoms with Crippen LogP contribution in [0.3, 0.4) is 0 Å². The third-order valence-corrected chi connectivity index (χ3v) is 2.94. The molecule has 1 aromatic carbocycles. The van der Waals surface area contributed by atoms with Gasteiger partial charge in [0.15, 0.2) is 0 Å². The number of aromatic carboxylic acids is 1. The average Bonchev–Trinajstić information content (AvgIpc) is 2.80. The number of carboxylic acid groups (broad SMARTS) is 1. The Bertz CT molecular complexity index is 681. The highest BCUT2D eigenvalue weighted by atomic mass is 16.6. The second kappa shape index (κ2) is 6.04. The van der Waals surface area contributed by atoms with E-state index in [2.05, 4.69) is 10.4 Å². The maximum Gasteiger partial charge on any atom is 0.335 e. The number of nitro groups is 1. The molecule has 8 heteroatoms. The zero-order valence-electron chi connectivity index (χ0n) is 11.3. The maximum atomic E-state index is 11.1. The first-order valence-electron chi connectivity index (χ1n) is 6.22. The minimum absolute atomic E-state index is 0.107. The molecule has 110 valence electrons. The van der Waals surface area contributed by atoms with Gasteiger partial charge in [0.05, 0.1) is 10.5 Å². The summed E-state index contributed by atoms with van der Waals surface area (Å²) in [4.78, 5) is 21.4. The summed E-state index contributed by atoms with van der Waals surface area (Å²) in [6, 6.07) is 6.66. The Labute approximate surface area is 120 Å². The van der Waals surface area contributed by atoms with E-state index in [4.69, 9.17) is 5.11 Å². The number of anilines is 1. The lowest BCUT2D eigenvalue weighted by molar-refractivity contribution is -0.384. The SMILES string of the molecule is Cn1cc([N+](=O)[O-])c(NCCc2ccccc2C(=O)O)n1. The monoisotopic (exact) mass is 290 g/mol. The number of nitrogens with one attached hydrogen (secondary N) is 1. The number of benzene rings is 1. The van der Waals surface area contributed by atoms with Crippen LogP contribution in [0, 0.1) is 10.1 Å². The summed E-state index contributed by atoms with van der Waals surface area (Å²) in [6.07, 6.45) is 1.74. The van der Waals surface area contributed by atoms with E-state index < -0.39 is 10.9 Å². The first-order chi connectivity index (χ1) is 9.99. The van der Waals surface area contributed by atoms with Crippen molar-refractivity contribution in [2.24, 2.45) is 7.05 Å². The lowest BCUT2D eigenvalue weighted by Gasteiger charge is -2.06. The molecule has 0 aliphatic heterocycles. The van der Waals surface area contributed by atoms with Crippen molar-refractivity contribution < 1.29 is 14.8 Å². The molecule has 8 nitrogen and oxygen atoms in total. The van der Waals surface area contributed by atoms with Gasteiger partial charge in [0.2, 0.25) is 5.82 Å². The van der Waals surface area contributed by atoms with Crippen LogP contribution in [0.4, 0.5) is 11.5 Å². The standard InChI is InChI=1S/C13H14N4O4/c1-16-8-11(17(20)21)12(15-16)14-7-6-9-4-2-3-5-10(9)13(18)19/h2-5,8H,6-7H2,1H3,(H,14,15)(H,18,19). The van der Waals surface area contributed by atoms with Crippen LogP contribution >= 0.6 is 0 Å². The molecule has 0 fully saturated rings. The molecular weight excluding hydrogens is 276 g/mol. The molecule has 0 aliphatic carbocycles. The molecule has 0 bridgehead atoms. The van der Waals surface area contributed by atoms with Gasteiger partial charge in [-0.05, 0) is 18.1 Å². The Balaban J connectivity index is 2.06. The average molecular weight is 290 g/mol. The highest BCUT2D eigenvalue weighted by molar-refractivity contribution is 5.89. The van der Waals surface area contributed by atoms with Crippen LogP contribution in [-0.2, 0) is 13.5 Å². The van der Waals surface area contributed by atoms with E-state index in [-0.39, 0.29) is 17.1 Å². The van der Waals surface area contributed by atoms with Gasteiger partial charge in [-0.1, -0.05) is 18.2 Å². The molecule has 0 radical (unpaired) electrons. The largest absolute Gasteiger partial charge is 0.478 e. The van der Waals surface area contributed by atoms with Crippen LogP contribution in [0.5, 0.6) is 0 Å². The number of carbonyl (C=O) groups is 1. The molecule has 0 saturated carbocycles. The van der Waals surface area contributed by atoms with Crippen LogP contribution in [0.2, 0.25) is 0 Å². The van der Waals surface area contributed by atoms with E-state index in [1.54, 1.807) is 25.2 Å². The van der Waals surface area contributed by atoms with Crippen molar-refractivity contribution >= 4 is 17.5 Å². The van der Waals surface area contributed by atoms with Gasteiger partial charge in [-0.15, -0.1) is 5.10 Å². The molecule has 1 aromatic heterocycles. The Kier molecular flexibility index (Phi) is 4.17. The summed E-state index contributed by atoms with van der Waals surface area (Å²) < 4.78 is 1.35. The maximum absolute atomic E-state index is 11.1. The summed E-state index contributed by atoms with van der Waals surface area (Å²) in [6.45, 7) is 0.349. The van der Waals surface area contributed by atoms with Gasteiger partial charge in [-0.3, -0.25) is 14.8 Å². The number of rotatable bonds is 6. The highest BCUT2D eigenvalue weighted by Gasteiger charge is 2.18. The van der Waals surface area contributed by atoms with Crippen molar-refractivity contribution in [3.63, 3.8) is 0 Å².